The monoisotopic (exact) mass is 502 g/mol. The molecule has 4 N–H and O–H groups in total. The lowest BCUT2D eigenvalue weighted by molar-refractivity contribution is 0.0894. The van der Waals surface area contributed by atoms with Crippen LogP contribution in [-0.2, 0) is 0 Å². The smallest absolute Gasteiger partial charge is 0.449 e. The molecule has 3 aromatic heterocycles. The summed E-state index contributed by atoms with van der Waals surface area (Å²) in [5.41, 5.74) is 1.37. The average molecular weight is 503 g/mol. The summed E-state index contributed by atoms with van der Waals surface area (Å²) in [5, 5.41) is 19.0. The number of nitrogens with one attached hydrogen (secondary N) is 3. The third-order valence-corrected chi connectivity index (χ3v) is 6.87. The van der Waals surface area contributed by atoms with E-state index in [1.165, 1.54) is 6.20 Å². The summed E-state index contributed by atoms with van der Waals surface area (Å²) >= 11 is 13.1. The molecule has 0 aromatic carbocycles. The predicted molar refractivity (Wildman–Crippen MR) is 117 cm³/mol. The number of nitrogens with zero attached hydrogens (tertiary/aromatic N) is 3. The number of ether oxygens (including phenoxy) is 1. The van der Waals surface area contributed by atoms with Crippen molar-refractivity contribution < 1.29 is 23.8 Å². The first-order valence-corrected chi connectivity index (χ1v) is 11.0. The molecule has 0 radical (unpaired) electrons. The molecule has 0 spiro atoms. The summed E-state index contributed by atoms with van der Waals surface area (Å²) in [6, 6.07) is 0.881. The van der Waals surface area contributed by atoms with Crippen molar-refractivity contribution in [3.8, 4) is 16.5 Å². The summed E-state index contributed by atoms with van der Waals surface area (Å²) in [6.45, 7) is 2.01. The fourth-order valence-corrected chi connectivity index (χ4v) is 4.73. The molecule has 1 fully saturated rings. The highest BCUT2D eigenvalue weighted by Crippen LogP contribution is 2.40. The van der Waals surface area contributed by atoms with Crippen molar-refractivity contribution in [2.75, 3.05) is 18.0 Å². The number of amides is 1. The summed E-state index contributed by atoms with van der Waals surface area (Å²) in [6.07, 6.45) is -1.09. The Labute approximate surface area is 194 Å². The Kier molecular flexibility index (Phi) is 6.26. The molecule has 1 saturated heterocycles. The molecule has 0 saturated carbocycles. The third-order valence-electron chi connectivity index (χ3n) is 4.93. The first-order chi connectivity index (χ1) is 15.2. The minimum absolute atomic E-state index is 0.0500. The maximum absolute atomic E-state index is 14.9. The number of halogens is 3. The largest absolute Gasteiger partial charge is 0.512 e. The highest BCUT2D eigenvalue weighted by molar-refractivity contribution is 7.18. The Hall–Kier alpha value is -2.83. The second-order valence-corrected chi connectivity index (χ2v) is 8.75. The summed E-state index contributed by atoms with van der Waals surface area (Å²) in [5.74, 6) is -0.543. The van der Waals surface area contributed by atoms with E-state index in [9.17, 15) is 14.0 Å². The zero-order chi connectivity index (χ0) is 23.0. The van der Waals surface area contributed by atoms with Gasteiger partial charge in [-0.25, -0.2) is 14.2 Å². The van der Waals surface area contributed by atoms with Gasteiger partial charge >= 0.3 is 6.16 Å². The highest BCUT2D eigenvalue weighted by atomic mass is 35.5. The SMILES string of the molecule is Cc1[nH]c(C(=O)N[C@@H]2CCN(c3nc(-c4ccn[nH]4)c(OC(=O)O)s3)C[C@@H]2F)c(Cl)c1Cl. The molecule has 0 unspecified atom stereocenters. The lowest BCUT2D eigenvalue weighted by atomic mass is 10.0. The number of alkyl halides is 1. The van der Waals surface area contributed by atoms with Gasteiger partial charge in [-0.2, -0.15) is 5.10 Å². The van der Waals surface area contributed by atoms with Crippen molar-refractivity contribution in [1.29, 1.82) is 0 Å². The van der Waals surface area contributed by atoms with Crippen LogP contribution in [0.3, 0.4) is 0 Å². The molecule has 1 aliphatic rings. The van der Waals surface area contributed by atoms with Crippen LogP contribution in [0, 0.1) is 6.92 Å². The number of aromatic amines is 2. The standard InChI is InChI=1S/C18H17Cl2FN6O4S/c1-7-11(19)12(20)14(23-7)15(28)24-9-3-5-27(6-8(9)21)17-25-13(10-2-4-22-26-10)16(32-17)31-18(29)30/h2,4,8-9,23H,3,5-6H2,1H3,(H,22,26)(H,24,28)(H,29,30)/t8-,9+/m0/s1. The molecule has 4 heterocycles. The highest BCUT2D eigenvalue weighted by Gasteiger charge is 2.33. The van der Waals surface area contributed by atoms with Crippen LogP contribution in [0.1, 0.15) is 22.6 Å². The van der Waals surface area contributed by atoms with E-state index < -0.39 is 24.3 Å². The Balaban J connectivity index is 1.47. The van der Waals surface area contributed by atoms with Crippen LogP contribution in [0.25, 0.3) is 11.4 Å². The van der Waals surface area contributed by atoms with E-state index in [-0.39, 0.29) is 33.0 Å². The Morgan fingerprint density at radius 2 is 2.19 bits per heavy atom. The van der Waals surface area contributed by atoms with Gasteiger partial charge in [0.05, 0.1) is 28.3 Å². The van der Waals surface area contributed by atoms with E-state index in [0.29, 0.717) is 29.5 Å². The third kappa shape index (κ3) is 4.38. The summed E-state index contributed by atoms with van der Waals surface area (Å²) in [7, 11) is 0. The number of hydrogen-bond donors (Lipinski definition) is 4. The lowest BCUT2D eigenvalue weighted by Gasteiger charge is -2.34. The van der Waals surface area contributed by atoms with E-state index in [0.717, 1.165) is 11.3 Å². The van der Waals surface area contributed by atoms with Gasteiger partial charge < -0.3 is 25.0 Å². The second kappa shape index (κ2) is 8.96. The number of aryl methyl sites for hydroxylation is 1. The van der Waals surface area contributed by atoms with Gasteiger partial charge in [-0.05, 0) is 19.4 Å². The first-order valence-electron chi connectivity index (χ1n) is 9.39. The Morgan fingerprint density at radius 1 is 1.41 bits per heavy atom. The number of anilines is 1. The zero-order valence-electron chi connectivity index (χ0n) is 16.5. The van der Waals surface area contributed by atoms with Gasteiger partial charge in [0.15, 0.2) is 5.13 Å². The van der Waals surface area contributed by atoms with Crippen LogP contribution < -0.4 is 15.0 Å². The molecule has 32 heavy (non-hydrogen) atoms. The van der Waals surface area contributed by atoms with Crippen LogP contribution in [0.2, 0.25) is 10.0 Å². The number of carbonyl (C=O) groups excluding carboxylic acids is 1. The van der Waals surface area contributed by atoms with Crippen LogP contribution in [0.4, 0.5) is 14.3 Å². The number of piperidine rings is 1. The topological polar surface area (TPSA) is 136 Å². The van der Waals surface area contributed by atoms with E-state index in [1.807, 2.05) is 0 Å². The van der Waals surface area contributed by atoms with Crippen molar-refractivity contribution in [1.82, 2.24) is 25.5 Å². The van der Waals surface area contributed by atoms with Crippen LogP contribution in [0.15, 0.2) is 12.3 Å². The van der Waals surface area contributed by atoms with Crippen molar-refractivity contribution in [2.24, 2.45) is 0 Å². The zero-order valence-corrected chi connectivity index (χ0v) is 18.8. The fraction of sp³-hybridized carbons (Fsp3) is 0.333. The van der Waals surface area contributed by atoms with Gasteiger partial charge in [-0.3, -0.25) is 9.89 Å². The minimum Gasteiger partial charge on any atom is -0.449 e. The average Bonchev–Trinajstić information content (AvgIpc) is 3.46. The maximum Gasteiger partial charge on any atom is 0.512 e. The van der Waals surface area contributed by atoms with Gasteiger partial charge in [-0.15, -0.1) is 0 Å². The van der Waals surface area contributed by atoms with Gasteiger partial charge in [0.25, 0.3) is 5.91 Å². The number of hydrogen-bond acceptors (Lipinski definition) is 7. The second-order valence-electron chi connectivity index (χ2n) is 7.05. The van der Waals surface area contributed by atoms with Gasteiger partial charge in [0.1, 0.15) is 17.6 Å². The fourth-order valence-electron chi connectivity index (χ4n) is 3.35. The number of carbonyl (C=O) groups is 2. The molecule has 0 aliphatic carbocycles. The molecule has 0 bridgehead atoms. The number of thiazole rings is 1. The normalized spacial score (nSPS) is 18.6. The van der Waals surface area contributed by atoms with Crippen molar-refractivity contribution >= 4 is 51.7 Å². The molecule has 14 heteroatoms. The Bertz CT molecular complexity index is 1150. The minimum atomic E-state index is -1.48. The molecular weight excluding hydrogens is 486 g/mol. The summed E-state index contributed by atoms with van der Waals surface area (Å²) < 4.78 is 19.8. The molecule has 170 valence electrons. The number of rotatable bonds is 5. The van der Waals surface area contributed by atoms with E-state index in [1.54, 1.807) is 17.9 Å². The van der Waals surface area contributed by atoms with Crippen LogP contribution in [0.5, 0.6) is 5.06 Å². The van der Waals surface area contributed by atoms with Crippen molar-refractivity contribution in [2.45, 2.75) is 25.6 Å². The maximum atomic E-state index is 14.9. The summed E-state index contributed by atoms with van der Waals surface area (Å²) in [4.78, 5) is 32.4. The van der Waals surface area contributed by atoms with Crippen molar-refractivity contribution in [3.63, 3.8) is 0 Å². The molecule has 10 nitrogen and oxygen atoms in total. The van der Waals surface area contributed by atoms with Gasteiger partial charge in [0.2, 0.25) is 5.06 Å². The molecule has 4 rings (SSSR count). The molecule has 1 aliphatic heterocycles. The van der Waals surface area contributed by atoms with Crippen LogP contribution >= 0.6 is 34.5 Å². The van der Waals surface area contributed by atoms with Crippen molar-refractivity contribution in [3.05, 3.63) is 33.7 Å². The molecule has 3 aromatic rings. The predicted octanol–water partition coefficient (Wildman–Crippen LogP) is 3.88. The number of H-pyrrole nitrogens is 2. The number of carboxylic acid groups (broad SMARTS) is 1. The number of aromatic nitrogens is 4. The van der Waals surface area contributed by atoms with E-state index >= 15 is 0 Å². The Morgan fingerprint density at radius 3 is 2.78 bits per heavy atom. The molecule has 2 atom stereocenters. The van der Waals surface area contributed by atoms with Gasteiger partial charge in [0, 0.05) is 18.4 Å². The van der Waals surface area contributed by atoms with E-state index in [2.05, 4.69) is 25.5 Å². The molecule has 1 amide bonds. The lowest BCUT2D eigenvalue weighted by Crippen LogP contribution is -2.52. The first kappa shape index (κ1) is 22.4. The molecular formula is C18H17Cl2FN6O4S. The van der Waals surface area contributed by atoms with E-state index in [4.69, 9.17) is 33.0 Å². The quantitative estimate of drug-likeness (QED) is 0.388. The van der Waals surface area contributed by atoms with Gasteiger partial charge in [-0.1, -0.05) is 34.5 Å². The van der Waals surface area contributed by atoms with Crippen LogP contribution in [-0.4, -0.2) is 62.6 Å².